The normalized spacial score (nSPS) is 29.9. The van der Waals surface area contributed by atoms with Gasteiger partial charge < -0.3 is 4.74 Å². The first-order valence-electron chi connectivity index (χ1n) is 6.82. The van der Waals surface area contributed by atoms with Crippen molar-refractivity contribution >= 4 is 5.78 Å². The van der Waals surface area contributed by atoms with Gasteiger partial charge in [0.15, 0.2) is 0 Å². The molecule has 2 saturated heterocycles. The monoisotopic (exact) mass is 249 g/mol. The molecule has 5 nitrogen and oxygen atoms in total. The third-order valence-electron chi connectivity index (χ3n) is 3.98. The van der Waals surface area contributed by atoms with Gasteiger partial charge in [0.05, 0.1) is 18.6 Å². The molecule has 18 heavy (non-hydrogen) atoms. The summed E-state index contributed by atoms with van der Waals surface area (Å²) in [5.41, 5.74) is 0. The van der Waals surface area contributed by atoms with Crippen molar-refractivity contribution in [2.24, 2.45) is 5.92 Å². The smallest absolute Gasteiger partial charge is 0.146 e. The van der Waals surface area contributed by atoms with Crippen LogP contribution in [0, 0.1) is 5.92 Å². The van der Waals surface area contributed by atoms with Crippen LogP contribution in [0.25, 0.3) is 0 Å². The molecule has 2 aliphatic heterocycles. The Bertz CT molecular complexity index is 443. The molecule has 98 valence electrons. The van der Waals surface area contributed by atoms with E-state index in [1.54, 1.807) is 0 Å². The summed E-state index contributed by atoms with van der Waals surface area (Å²) < 4.78 is 7.58. The largest absolute Gasteiger partial charge is 0.374 e. The lowest BCUT2D eigenvalue weighted by Crippen LogP contribution is -2.27. The maximum absolute atomic E-state index is 12.3. The topological polar surface area (TPSA) is 57.0 Å². The zero-order valence-electron chi connectivity index (χ0n) is 10.7. The highest BCUT2D eigenvalue weighted by Gasteiger charge is 2.44. The molecule has 0 N–H and O–H groups in total. The minimum Gasteiger partial charge on any atom is -0.374 e. The van der Waals surface area contributed by atoms with Crippen LogP contribution in [0.3, 0.4) is 0 Å². The molecular formula is C13H19N3O2. The molecule has 2 bridgehead atoms. The van der Waals surface area contributed by atoms with Gasteiger partial charge in [-0.15, -0.1) is 0 Å². The molecule has 3 heterocycles. The summed E-state index contributed by atoms with van der Waals surface area (Å²) in [7, 11) is 0. The van der Waals surface area contributed by atoms with Gasteiger partial charge in [0.25, 0.3) is 0 Å². The molecule has 3 atom stereocenters. The summed E-state index contributed by atoms with van der Waals surface area (Å²) in [5, 5.41) is 4.16. The summed E-state index contributed by atoms with van der Waals surface area (Å²) in [4.78, 5) is 16.5. The van der Waals surface area contributed by atoms with Crippen molar-refractivity contribution in [1.82, 2.24) is 14.8 Å². The van der Waals surface area contributed by atoms with Crippen molar-refractivity contribution in [3.8, 4) is 0 Å². The quantitative estimate of drug-likeness (QED) is 0.790. The summed E-state index contributed by atoms with van der Waals surface area (Å²) in [5.74, 6) is 1.16. The van der Waals surface area contributed by atoms with E-state index in [0.29, 0.717) is 12.5 Å². The molecule has 0 radical (unpaired) electrons. The molecule has 0 saturated carbocycles. The lowest BCUT2D eigenvalue weighted by molar-refractivity contribution is -0.123. The minimum atomic E-state index is 0.0931. The Morgan fingerprint density at radius 2 is 2.44 bits per heavy atom. The maximum atomic E-state index is 12.3. The van der Waals surface area contributed by atoms with Crippen molar-refractivity contribution in [2.75, 3.05) is 0 Å². The molecule has 5 heteroatoms. The molecule has 2 aliphatic rings. The van der Waals surface area contributed by atoms with E-state index in [2.05, 4.69) is 17.0 Å². The van der Waals surface area contributed by atoms with E-state index in [1.165, 1.54) is 6.33 Å². The Labute approximate surface area is 107 Å². The zero-order valence-corrected chi connectivity index (χ0v) is 10.7. The highest BCUT2D eigenvalue weighted by Crippen LogP contribution is 2.39. The molecule has 1 aromatic heterocycles. The standard InChI is InChI=1S/C13H19N3O2/c1-2-5-16-13(14-8-15-16)7-11(17)10-6-9-3-4-12(10)18-9/h8-10,12H,2-7H2,1H3. The number of aromatic nitrogens is 3. The number of ketones is 1. The number of carbonyl (C=O) groups is 1. The Hall–Kier alpha value is -1.23. The van der Waals surface area contributed by atoms with Crippen LogP contribution in [0.15, 0.2) is 6.33 Å². The first-order valence-corrected chi connectivity index (χ1v) is 6.82. The second-order valence-corrected chi connectivity index (χ2v) is 5.26. The van der Waals surface area contributed by atoms with Crippen LogP contribution in [-0.4, -0.2) is 32.8 Å². The molecule has 0 aromatic carbocycles. The van der Waals surface area contributed by atoms with Crippen LogP contribution < -0.4 is 0 Å². The van der Waals surface area contributed by atoms with Gasteiger partial charge in [-0.1, -0.05) is 6.92 Å². The highest BCUT2D eigenvalue weighted by molar-refractivity contribution is 5.83. The van der Waals surface area contributed by atoms with Gasteiger partial charge >= 0.3 is 0 Å². The van der Waals surface area contributed by atoms with E-state index >= 15 is 0 Å². The second-order valence-electron chi connectivity index (χ2n) is 5.26. The predicted octanol–water partition coefficient (Wildman–Crippen LogP) is 1.37. The Morgan fingerprint density at radius 1 is 1.56 bits per heavy atom. The Kier molecular flexibility index (Phi) is 3.16. The molecule has 3 unspecified atom stereocenters. The van der Waals surface area contributed by atoms with Crippen LogP contribution in [-0.2, 0) is 22.5 Å². The summed E-state index contributed by atoms with van der Waals surface area (Å²) >= 11 is 0. The molecule has 0 spiro atoms. The van der Waals surface area contributed by atoms with E-state index in [9.17, 15) is 4.79 Å². The Balaban J connectivity index is 1.65. The van der Waals surface area contributed by atoms with E-state index in [0.717, 1.165) is 38.1 Å². The first-order chi connectivity index (χ1) is 8.78. The third kappa shape index (κ3) is 2.07. The average Bonchev–Trinajstić information content (AvgIpc) is 3.06. The summed E-state index contributed by atoms with van der Waals surface area (Å²) in [6.07, 6.45) is 6.52. The molecule has 0 aliphatic carbocycles. The van der Waals surface area contributed by atoms with Crippen LogP contribution >= 0.6 is 0 Å². The van der Waals surface area contributed by atoms with Gasteiger partial charge in [-0.05, 0) is 25.7 Å². The number of hydrogen-bond acceptors (Lipinski definition) is 4. The van der Waals surface area contributed by atoms with Crippen LogP contribution in [0.4, 0.5) is 0 Å². The molecule has 2 fully saturated rings. The highest BCUT2D eigenvalue weighted by atomic mass is 16.5. The third-order valence-corrected chi connectivity index (χ3v) is 3.98. The number of aryl methyl sites for hydroxylation is 1. The van der Waals surface area contributed by atoms with Gasteiger partial charge in [0, 0.05) is 12.5 Å². The van der Waals surface area contributed by atoms with Crippen LogP contribution in [0.5, 0.6) is 0 Å². The van der Waals surface area contributed by atoms with Gasteiger partial charge in [0.1, 0.15) is 17.9 Å². The number of rotatable bonds is 5. The van der Waals surface area contributed by atoms with E-state index < -0.39 is 0 Å². The van der Waals surface area contributed by atoms with Crippen molar-refractivity contribution in [2.45, 2.75) is 57.8 Å². The van der Waals surface area contributed by atoms with Gasteiger partial charge in [0.2, 0.25) is 0 Å². The van der Waals surface area contributed by atoms with Crippen LogP contribution in [0.1, 0.15) is 38.4 Å². The average molecular weight is 249 g/mol. The maximum Gasteiger partial charge on any atom is 0.146 e. The lowest BCUT2D eigenvalue weighted by atomic mass is 9.85. The molecular weight excluding hydrogens is 230 g/mol. The Morgan fingerprint density at radius 3 is 3.11 bits per heavy atom. The number of Topliss-reactive ketones (excluding diaryl/α,β-unsaturated/α-hetero) is 1. The molecule has 0 amide bonds. The second kappa shape index (κ2) is 4.80. The fourth-order valence-corrected chi connectivity index (χ4v) is 3.09. The first kappa shape index (κ1) is 11.8. The SMILES string of the molecule is CCCn1ncnc1CC(=O)C1CC2CCC1O2. The number of fused-ring (bicyclic) bond motifs is 2. The van der Waals surface area contributed by atoms with Crippen LogP contribution in [0.2, 0.25) is 0 Å². The van der Waals surface area contributed by atoms with E-state index in [-0.39, 0.29) is 17.8 Å². The fourth-order valence-electron chi connectivity index (χ4n) is 3.09. The van der Waals surface area contributed by atoms with Crippen molar-refractivity contribution in [3.63, 3.8) is 0 Å². The zero-order chi connectivity index (χ0) is 12.5. The number of nitrogens with zero attached hydrogens (tertiary/aromatic N) is 3. The van der Waals surface area contributed by atoms with Gasteiger partial charge in [-0.3, -0.25) is 4.79 Å². The number of ether oxygens (including phenoxy) is 1. The van der Waals surface area contributed by atoms with Gasteiger partial charge in [-0.2, -0.15) is 5.10 Å². The van der Waals surface area contributed by atoms with Gasteiger partial charge in [-0.25, -0.2) is 9.67 Å². The van der Waals surface area contributed by atoms with E-state index in [1.807, 2.05) is 4.68 Å². The van der Waals surface area contributed by atoms with Crippen molar-refractivity contribution in [3.05, 3.63) is 12.2 Å². The number of hydrogen-bond donors (Lipinski definition) is 0. The number of carbonyl (C=O) groups excluding carboxylic acids is 1. The van der Waals surface area contributed by atoms with Crippen molar-refractivity contribution in [1.29, 1.82) is 0 Å². The fraction of sp³-hybridized carbons (Fsp3) is 0.769. The predicted molar refractivity (Wildman–Crippen MR) is 65.0 cm³/mol. The van der Waals surface area contributed by atoms with Crippen molar-refractivity contribution < 1.29 is 9.53 Å². The summed E-state index contributed by atoms with van der Waals surface area (Å²) in [6, 6.07) is 0. The lowest BCUT2D eigenvalue weighted by Gasteiger charge is -2.16. The summed E-state index contributed by atoms with van der Waals surface area (Å²) in [6.45, 7) is 2.92. The molecule has 1 aromatic rings. The minimum absolute atomic E-state index is 0.0931. The van der Waals surface area contributed by atoms with E-state index in [4.69, 9.17) is 4.74 Å². The molecule has 3 rings (SSSR count).